The molecule has 1 aromatic rings. The monoisotopic (exact) mass is 212 g/mol. The van der Waals surface area contributed by atoms with Crippen molar-refractivity contribution in [2.24, 2.45) is 5.73 Å². The van der Waals surface area contributed by atoms with Crippen molar-refractivity contribution >= 4 is 17.4 Å². The van der Waals surface area contributed by atoms with Gasteiger partial charge in [0.15, 0.2) is 0 Å². The van der Waals surface area contributed by atoms with Crippen LogP contribution in [-0.2, 0) is 0 Å². The quantitative estimate of drug-likeness (QED) is 0.597. The van der Waals surface area contributed by atoms with Gasteiger partial charge in [-0.2, -0.15) is 0 Å². The zero-order chi connectivity index (χ0) is 10.7. The van der Waals surface area contributed by atoms with Gasteiger partial charge in [-0.15, -0.1) is 0 Å². The van der Waals surface area contributed by atoms with Gasteiger partial charge in [0.1, 0.15) is 11.6 Å². The van der Waals surface area contributed by atoms with E-state index in [1.807, 2.05) is 13.8 Å². The van der Waals surface area contributed by atoms with E-state index in [4.69, 9.17) is 27.5 Å². The highest BCUT2D eigenvalue weighted by Gasteiger charge is 2.10. The van der Waals surface area contributed by atoms with Gasteiger partial charge < -0.3 is 10.5 Å². The third-order valence-electron chi connectivity index (χ3n) is 1.82. The van der Waals surface area contributed by atoms with Gasteiger partial charge in [0.2, 0.25) is 0 Å². The van der Waals surface area contributed by atoms with Gasteiger partial charge in [0.05, 0.1) is 12.2 Å². The number of hydrogen-bond acceptors (Lipinski definition) is 2. The molecular weight excluding hydrogens is 200 g/mol. The summed E-state index contributed by atoms with van der Waals surface area (Å²) in [5, 5.41) is 7.95. The first-order valence-electron chi connectivity index (χ1n) is 4.33. The SMILES string of the molecule is CCOc1c(C)cc(Cl)cc1C(=N)N. The number of halogens is 1. The molecule has 0 bridgehead atoms. The second-order valence-electron chi connectivity index (χ2n) is 2.95. The molecule has 76 valence electrons. The highest BCUT2D eigenvalue weighted by molar-refractivity contribution is 6.31. The van der Waals surface area contributed by atoms with E-state index in [2.05, 4.69) is 0 Å². The fourth-order valence-corrected chi connectivity index (χ4v) is 1.54. The molecule has 0 heterocycles. The van der Waals surface area contributed by atoms with Crippen LogP contribution in [-0.4, -0.2) is 12.4 Å². The summed E-state index contributed by atoms with van der Waals surface area (Å²) in [6.07, 6.45) is 0. The Morgan fingerprint density at radius 3 is 2.71 bits per heavy atom. The maximum absolute atomic E-state index is 7.39. The molecule has 14 heavy (non-hydrogen) atoms. The Hall–Kier alpha value is -1.22. The second kappa shape index (κ2) is 4.33. The van der Waals surface area contributed by atoms with Crippen LogP contribution < -0.4 is 10.5 Å². The van der Waals surface area contributed by atoms with Gasteiger partial charge in [0, 0.05) is 5.02 Å². The number of nitrogens with two attached hydrogens (primary N) is 1. The van der Waals surface area contributed by atoms with Crippen LogP contribution in [0.1, 0.15) is 18.1 Å². The molecular formula is C10H13ClN2O. The standard InChI is InChI=1S/C10H13ClN2O/c1-3-14-9-6(2)4-7(11)5-8(9)10(12)13/h4-5H,3H2,1-2H3,(H3,12,13). The third kappa shape index (κ3) is 2.17. The molecule has 0 aliphatic carbocycles. The van der Waals surface area contributed by atoms with E-state index in [1.165, 1.54) is 0 Å². The van der Waals surface area contributed by atoms with Gasteiger partial charge in [0.25, 0.3) is 0 Å². The predicted molar refractivity (Wildman–Crippen MR) is 58.4 cm³/mol. The summed E-state index contributed by atoms with van der Waals surface area (Å²) in [7, 11) is 0. The normalized spacial score (nSPS) is 9.93. The van der Waals surface area contributed by atoms with Crippen LogP contribution in [0, 0.1) is 12.3 Å². The van der Waals surface area contributed by atoms with E-state index in [1.54, 1.807) is 12.1 Å². The minimum absolute atomic E-state index is 0.0287. The molecule has 3 nitrogen and oxygen atoms in total. The summed E-state index contributed by atoms with van der Waals surface area (Å²) < 4.78 is 5.40. The fourth-order valence-electron chi connectivity index (χ4n) is 1.27. The average molecular weight is 213 g/mol. The first-order valence-corrected chi connectivity index (χ1v) is 4.71. The van der Waals surface area contributed by atoms with E-state index in [0.29, 0.717) is 22.9 Å². The van der Waals surface area contributed by atoms with Gasteiger partial charge >= 0.3 is 0 Å². The lowest BCUT2D eigenvalue weighted by atomic mass is 10.1. The molecule has 0 amide bonds. The molecule has 4 heteroatoms. The lowest BCUT2D eigenvalue weighted by molar-refractivity contribution is 0.337. The van der Waals surface area contributed by atoms with Gasteiger partial charge in [-0.3, -0.25) is 5.41 Å². The lowest BCUT2D eigenvalue weighted by Gasteiger charge is -2.12. The average Bonchev–Trinajstić information content (AvgIpc) is 2.09. The Kier molecular flexibility index (Phi) is 3.36. The number of hydrogen-bond donors (Lipinski definition) is 2. The molecule has 0 aliphatic heterocycles. The van der Waals surface area contributed by atoms with Gasteiger partial charge in [-0.25, -0.2) is 0 Å². The van der Waals surface area contributed by atoms with Crippen LogP contribution in [0.2, 0.25) is 5.02 Å². The number of aryl methyl sites for hydroxylation is 1. The molecule has 0 saturated heterocycles. The molecule has 0 spiro atoms. The minimum atomic E-state index is -0.0287. The molecule has 0 aromatic heterocycles. The molecule has 0 radical (unpaired) electrons. The fraction of sp³-hybridized carbons (Fsp3) is 0.300. The first-order chi connectivity index (χ1) is 6.56. The number of nitrogens with one attached hydrogen (secondary N) is 1. The Bertz CT molecular complexity index is 363. The smallest absolute Gasteiger partial charge is 0.133 e. The largest absolute Gasteiger partial charge is 0.493 e. The zero-order valence-corrected chi connectivity index (χ0v) is 8.98. The number of rotatable bonds is 3. The van der Waals surface area contributed by atoms with Crippen molar-refractivity contribution in [2.45, 2.75) is 13.8 Å². The Morgan fingerprint density at radius 1 is 1.57 bits per heavy atom. The Balaban J connectivity index is 3.28. The van der Waals surface area contributed by atoms with Gasteiger partial charge in [-0.05, 0) is 31.5 Å². The number of ether oxygens (including phenoxy) is 1. The highest BCUT2D eigenvalue weighted by atomic mass is 35.5. The van der Waals surface area contributed by atoms with Crippen molar-refractivity contribution in [3.63, 3.8) is 0 Å². The second-order valence-corrected chi connectivity index (χ2v) is 3.38. The van der Waals surface area contributed by atoms with E-state index >= 15 is 0 Å². The van der Waals surface area contributed by atoms with E-state index in [9.17, 15) is 0 Å². The van der Waals surface area contributed by atoms with Crippen molar-refractivity contribution in [1.82, 2.24) is 0 Å². The van der Waals surface area contributed by atoms with Crippen LogP contribution in [0.4, 0.5) is 0 Å². The van der Waals surface area contributed by atoms with Gasteiger partial charge in [-0.1, -0.05) is 11.6 Å². The minimum Gasteiger partial charge on any atom is -0.493 e. The number of amidine groups is 1. The van der Waals surface area contributed by atoms with Crippen LogP contribution in [0.5, 0.6) is 5.75 Å². The molecule has 1 aromatic carbocycles. The summed E-state index contributed by atoms with van der Waals surface area (Å²) in [5.41, 5.74) is 6.87. The van der Waals surface area contributed by atoms with Crippen molar-refractivity contribution in [3.05, 3.63) is 28.3 Å². The summed E-state index contributed by atoms with van der Waals surface area (Å²) in [6, 6.07) is 3.43. The van der Waals surface area contributed by atoms with E-state index < -0.39 is 0 Å². The van der Waals surface area contributed by atoms with Crippen LogP contribution in [0.25, 0.3) is 0 Å². The Morgan fingerprint density at radius 2 is 2.21 bits per heavy atom. The maximum atomic E-state index is 7.39. The summed E-state index contributed by atoms with van der Waals surface area (Å²) in [4.78, 5) is 0. The first kappa shape index (κ1) is 10.9. The van der Waals surface area contributed by atoms with E-state index in [0.717, 1.165) is 5.56 Å². The summed E-state index contributed by atoms with van der Waals surface area (Å²) in [6.45, 7) is 4.31. The number of nitrogen functional groups attached to an aromatic ring is 1. The predicted octanol–water partition coefficient (Wildman–Crippen LogP) is 2.33. The van der Waals surface area contributed by atoms with Crippen molar-refractivity contribution in [3.8, 4) is 5.75 Å². The van der Waals surface area contributed by atoms with Crippen LogP contribution >= 0.6 is 11.6 Å². The lowest BCUT2D eigenvalue weighted by Crippen LogP contribution is -2.14. The molecule has 0 saturated carbocycles. The van der Waals surface area contributed by atoms with Crippen LogP contribution in [0.3, 0.4) is 0 Å². The highest BCUT2D eigenvalue weighted by Crippen LogP contribution is 2.27. The third-order valence-corrected chi connectivity index (χ3v) is 2.04. The van der Waals surface area contributed by atoms with E-state index in [-0.39, 0.29) is 5.84 Å². The number of benzene rings is 1. The summed E-state index contributed by atoms with van der Waals surface area (Å²) in [5.74, 6) is 0.614. The van der Waals surface area contributed by atoms with Crippen LogP contribution in [0.15, 0.2) is 12.1 Å². The molecule has 3 N–H and O–H groups in total. The van der Waals surface area contributed by atoms with Crippen molar-refractivity contribution in [2.75, 3.05) is 6.61 Å². The van der Waals surface area contributed by atoms with Crippen molar-refractivity contribution in [1.29, 1.82) is 5.41 Å². The zero-order valence-electron chi connectivity index (χ0n) is 8.23. The molecule has 0 unspecified atom stereocenters. The van der Waals surface area contributed by atoms with Crippen molar-refractivity contribution < 1.29 is 4.74 Å². The molecule has 1 rings (SSSR count). The summed E-state index contributed by atoms with van der Waals surface area (Å²) >= 11 is 5.86. The molecule has 0 atom stereocenters. The molecule has 0 fully saturated rings. The topological polar surface area (TPSA) is 59.1 Å². The Labute approximate surface area is 88.3 Å². The maximum Gasteiger partial charge on any atom is 0.133 e. The molecule has 0 aliphatic rings.